The smallest absolute Gasteiger partial charge is 0.152 e. The van der Waals surface area contributed by atoms with E-state index >= 15 is 0 Å². The van der Waals surface area contributed by atoms with Gasteiger partial charge in [0.15, 0.2) is 5.82 Å². The summed E-state index contributed by atoms with van der Waals surface area (Å²) in [7, 11) is 0. The average molecular weight is 495 g/mol. The first-order valence-corrected chi connectivity index (χ1v) is 12.8. The molecule has 0 spiro atoms. The number of hydrogen-bond donors (Lipinski definition) is 2. The van der Waals surface area contributed by atoms with Crippen molar-refractivity contribution in [1.82, 2.24) is 14.5 Å². The molecule has 0 fully saturated rings. The number of hydrogen-bond acceptors (Lipinski definition) is 5. The number of aromatic nitrogens is 3. The maximum atomic E-state index is 10.8. The second kappa shape index (κ2) is 10.3. The molecule has 37 heavy (non-hydrogen) atoms. The number of nitrogens with zero attached hydrogens (tertiary/aromatic N) is 3. The van der Waals surface area contributed by atoms with Gasteiger partial charge in [0.1, 0.15) is 17.9 Å². The molecule has 6 heteroatoms. The summed E-state index contributed by atoms with van der Waals surface area (Å²) in [6, 6.07) is 25.3. The second-order valence-electron chi connectivity index (χ2n) is 10.2. The minimum Gasteiger partial charge on any atom is -0.389 e. The first-order valence-electron chi connectivity index (χ1n) is 12.8. The number of nitrogens with two attached hydrogens (primary N) is 1. The number of imidazole rings is 1. The van der Waals surface area contributed by atoms with E-state index in [9.17, 15) is 5.11 Å². The fourth-order valence-corrected chi connectivity index (χ4v) is 4.96. The van der Waals surface area contributed by atoms with Crippen LogP contribution < -0.4 is 5.73 Å². The number of rotatable bonds is 9. The lowest BCUT2D eigenvalue weighted by Gasteiger charge is -2.21. The summed E-state index contributed by atoms with van der Waals surface area (Å²) in [6.45, 7) is 6.84. The maximum Gasteiger partial charge on any atom is 0.152 e. The van der Waals surface area contributed by atoms with Gasteiger partial charge in [0.2, 0.25) is 0 Å². The molecule has 0 saturated carbocycles. The predicted molar refractivity (Wildman–Crippen MR) is 150 cm³/mol. The number of fused-ring (bicyclic) bond motifs is 3. The molecule has 3 aromatic carbocycles. The summed E-state index contributed by atoms with van der Waals surface area (Å²) in [6.07, 6.45) is 1.54. The Morgan fingerprint density at radius 3 is 2.14 bits per heavy atom. The Bertz CT molecular complexity index is 1520. The average Bonchev–Trinajstić information content (AvgIpc) is 3.23. The monoisotopic (exact) mass is 494 g/mol. The van der Waals surface area contributed by atoms with E-state index in [1.54, 1.807) is 13.8 Å². The van der Waals surface area contributed by atoms with Crippen molar-refractivity contribution >= 4 is 27.8 Å². The van der Waals surface area contributed by atoms with E-state index in [0.29, 0.717) is 31.1 Å². The van der Waals surface area contributed by atoms with Crippen molar-refractivity contribution in [3.05, 3.63) is 101 Å². The predicted octanol–water partition coefficient (Wildman–Crippen LogP) is 5.66. The highest BCUT2D eigenvalue weighted by atomic mass is 16.5. The summed E-state index contributed by atoms with van der Waals surface area (Å²) in [5.74, 6) is 1.12. The van der Waals surface area contributed by atoms with Gasteiger partial charge in [-0.25, -0.2) is 9.97 Å². The third kappa shape index (κ3) is 5.36. The Hall–Kier alpha value is -3.74. The van der Waals surface area contributed by atoms with Crippen LogP contribution in [0.15, 0.2) is 72.8 Å². The fraction of sp³-hybridized carbons (Fsp3) is 0.290. The topological polar surface area (TPSA) is 86.2 Å². The summed E-state index contributed by atoms with van der Waals surface area (Å²) in [5.41, 5.74) is 12.9. The van der Waals surface area contributed by atoms with E-state index < -0.39 is 5.60 Å². The van der Waals surface area contributed by atoms with Gasteiger partial charge < -0.3 is 20.1 Å². The standard InChI is InChI=1S/C31H34N4O2/c1-4-37-19-26-33-28-29(35(26)20-31(2,3)36)24-16-15-23(17-21-11-7-5-8-12-21)25(27(24)34-30(28)32)18-22-13-9-6-10-14-22/h5-16,36H,4,17-20H2,1-3H3,(H2,32,34). The summed E-state index contributed by atoms with van der Waals surface area (Å²) in [5, 5.41) is 11.7. The van der Waals surface area contributed by atoms with E-state index in [-0.39, 0.29) is 0 Å². The lowest BCUT2D eigenvalue weighted by Crippen LogP contribution is -2.27. The SMILES string of the molecule is CCOCc1nc2c(N)nc3c(Cc4ccccc4)c(Cc4ccccc4)ccc3c2n1CC(C)(C)O. The van der Waals surface area contributed by atoms with Crippen LogP contribution in [0.25, 0.3) is 21.9 Å². The molecule has 3 N–H and O–H groups in total. The molecule has 5 aromatic rings. The number of aliphatic hydroxyl groups is 1. The van der Waals surface area contributed by atoms with Crippen molar-refractivity contribution in [2.75, 3.05) is 12.3 Å². The molecule has 0 atom stereocenters. The van der Waals surface area contributed by atoms with E-state index in [1.807, 2.05) is 19.1 Å². The van der Waals surface area contributed by atoms with Crippen LogP contribution in [-0.2, 0) is 30.7 Å². The summed E-state index contributed by atoms with van der Waals surface area (Å²) < 4.78 is 7.77. The molecule has 0 radical (unpaired) electrons. The number of pyridine rings is 1. The molecule has 2 heterocycles. The highest BCUT2D eigenvalue weighted by molar-refractivity contribution is 6.08. The van der Waals surface area contributed by atoms with Crippen LogP contribution in [0.1, 0.15) is 48.8 Å². The van der Waals surface area contributed by atoms with Crippen molar-refractivity contribution in [2.45, 2.75) is 52.4 Å². The molecule has 0 aliphatic carbocycles. The molecule has 0 saturated heterocycles. The Morgan fingerprint density at radius 2 is 1.51 bits per heavy atom. The van der Waals surface area contributed by atoms with Gasteiger partial charge in [-0.15, -0.1) is 0 Å². The first kappa shape index (κ1) is 24.9. The zero-order valence-corrected chi connectivity index (χ0v) is 21.7. The Labute approximate surface area is 217 Å². The van der Waals surface area contributed by atoms with Crippen LogP contribution in [0.4, 0.5) is 5.82 Å². The molecule has 0 amide bonds. The van der Waals surface area contributed by atoms with Crippen LogP contribution in [0, 0.1) is 0 Å². The third-order valence-electron chi connectivity index (χ3n) is 6.60. The van der Waals surface area contributed by atoms with Crippen LogP contribution in [-0.4, -0.2) is 31.8 Å². The number of benzene rings is 3. The third-order valence-corrected chi connectivity index (χ3v) is 6.60. The van der Waals surface area contributed by atoms with Crippen molar-refractivity contribution in [3.8, 4) is 0 Å². The van der Waals surface area contributed by atoms with Gasteiger partial charge >= 0.3 is 0 Å². The van der Waals surface area contributed by atoms with E-state index in [2.05, 4.69) is 65.2 Å². The molecule has 5 rings (SSSR count). The van der Waals surface area contributed by atoms with Gasteiger partial charge in [-0.2, -0.15) is 0 Å². The Kier molecular flexibility index (Phi) is 6.96. The molecule has 6 nitrogen and oxygen atoms in total. The highest BCUT2D eigenvalue weighted by Crippen LogP contribution is 2.34. The molecule has 0 aliphatic rings. The maximum absolute atomic E-state index is 10.8. The van der Waals surface area contributed by atoms with Crippen LogP contribution in [0.5, 0.6) is 0 Å². The molecule has 190 valence electrons. The van der Waals surface area contributed by atoms with E-state index in [4.69, 9.17) is 20.4 Å². The summed E-state index contributed by atoms with van der Waals surface area (Å²) in [4.78, 5) is 9.76. The van der Waals surface area contributed by atoms with Crippen LogP contribution in [0.3, 0.4) is 0 Å². The van der Waals surface area contributed by atoms with Crippen molar-refractivity contribution < 1.29 is 9.84 Å². The molecular formula is C31H34N4O2. The minimum absolute atomic E-state index is 0.338. The quantitative estimate of drug-likeness (QED) is 0.276. The van der Waals surface area contributed by atoms with Gasteiger partial charge in [0, 0.05) is 12.0 Å². The van der Waals surface area contributed by atoms with E-state index in [0.717, 1.165) is 40.6 Å². The lowest BCUT2D eigenvalue weighted by atomic mass is 9.92. The van der Waals surface area contributed by atoms with Gasteiger partial charge in [-0.1, -0.05) is 72.8 Å². The van der Waals surface area contributed by atoms with Crippen LogP contribution in [0.2, 0.25) is 0 Å². The molecule has 0 unspecified atom stereocenters. The second-order valence-corrected chi connectivity index (χ2v) is 10.2. The molecular weight excluding hydrogens is 460 g/mol. The largest absolute Gasteiger partial charge is 0.389 e. The number of anilines is 1. The van der Waals surface area contributed by atoms with Crippen LogP contribution >= 0.6 is 0 Å². The zero-order valence-electron chi connectivity index (χ0n) is 21.7. The van der Waals surface area contributed by atoms with Gasteiger partial charge in [-0.3, -0.25) is 0 Å². The number of ether oxygens (including phenoxy) is 1. The zero-order chi connectivity index (χ0) is 26.0. The van der Waals surface area contributed by atoms with Crippen molar-refractivity contribution in [1.29, 1.82) is 0 Å². The van der Waals surface area contributed by atoms with Gasteiger partial charge in [-0.05, 0) is 55.9 Å². The van der Waals surface area contributed by atoms with Gasteiger partial charge in [0.25, 0.3) is 0 Å². The van der Waals surface area contributed by atoms with Crippen molar-refractivity contribution in [3.63, 3.8) is 0 Å². The normalized spacial score (nSPS) is 12.0. The first-order chi connectivity index (χ1) is 17.8. The van der Waals surface area contributed by atoms with Gasteiger partial charge in [0.05, 0.1) is 23.2 Å². The lowest BCUT2D eigenvalue weighted by molar-refractivity contribution is 0.0582. The highest BCUT2D eigenvalue weighted by Gasteiger charge is 2.24. The molecule has 2 aromatic heterocycles. The van der Waals surface area contributed by atoms with E-state index in [1.165, 1.54) is 16.7 Å². The number of nitrogen functional groups attached to an aromatic ring is 1. The Morgan fingerprint density at radius 1 is 0.865 bits per heavy atom. The fourth-order valence-electron chi connectivity index (χ4n) is 4.96. The van der Waals surface area contributed by atoms with Crippen molar-refractivity contribution in [2.24, 2.45) is 0 Å². The summed E-state index contributed by atoms with van der Waals surface area (Å²) >= 11 is 0. The minimum atomic E-state index is -0.945. The molecule has 0 bridgehead atoms. The molecule has 0 aliphatic heterocycles. The Balaban J connectivity index is 1.77.